The molecule has 4 nitrogen and oxygen atoms in total. The van der Waals surface area contributed by atoms with Crippen LogP contribution in [0, 0.1) is 12.7 Å². The predicted molar refractivity (Wildman–Crippen MR) is 60.1 cm³/mol. The highest BCUT2D eigenvalue weighted by atomic mass is 32.2. The van der Waals surface area contributed by atoms with Crippen molar-refractivity contribution in [2.75, 3.05) is 5.75 Å². The van der Waals surface area contributed by atoms with Gasteiger partial charge in [0.15, 0.2) is 9.84 Å². The first-order valence-electron chi connectivity index (χ1n) is 5.03. The Balaban J connectivity index is 2.86. The smallest absolute Gasteiger partial charge is 0.303 e. The first-order valence-corrected chi connectivity index (χ1v) is 6.69. The van der Waals surface area contributed by atoms with E-state index in [1.165, 1.54) is 13.0 Å². The largest absolute Gasteiger partial charge is 0.481 e. The van der Waals surface area contributed by atoms with Crippen molar-refractivity contribution in [1.82, 2.24) is 0 Å². The second kappa shape index (κ2) is 5.27. The lowest BCUT2D eigenvalue weighted by atomic mass is 10.2. The minimum atomic E-state index is -3.53. The van der Waals surface area contributed by atoms with Crippen molar-refractivity contribution in [1.29, 1.82) is 0 Å². The predicted octanol–water partition coefficient (Wildman–Crippen LogP) is 1.77. The normalized spacial score (nSPS) is 11.4. The summed E-state index contributed by atoms with van der Waals surface area (Å²) in [4.78, 5) is 10.3. The van der Waals surface area contributed by atoms with Crippen LogP contribution in [0.25, 0.3) is 0 Å². The standard InChI is InChI=1S/C11H13FO4S/c1-8-7-9(12)4-5-10(8)17(15,16)6-2-3-11(13)14/h4-5,7H,2-3,6H2,1H3,(H,13,14). The molecule has 0 radical (unpaired) electrons. The summed E-state index contributed by atoms with van der Waals surface area (Å²) in [7, 11) is -3.53. The Morgan fingerprint density at radius 2 is 2.06 bits per heavy atom. The summed E-state index contributed by atoms with van der Waals surface area (Å²) >= 11 is 0. The molecule has 0 aromatic heterocycles. The molecule has 0 saturated heterocycles. The Hall–Kier alpha value is -1.43. The average molecular weight is 260 g/mol. The van der Waals surface area contributed by atoms with E-state index < -0.39 is 21.6 Å². The van der Waals surface area contributed by atoms with Crippen LogP contribution in [0.3, 0.4) is 0 Å². The van der Waals surface area contributed by atoms with E-state index >= 15 is 0 Å². The molecule has 1 aromatic rings. The number of carboxylic acids is 1. The molecule has 0 fully saturated rings. The van der Waals surface area contributed by atoms with E-state index in [2.05, 4.69) is 0 Å². The second-order valence-corrected chi connectivity index (χ2v) is 5.80. The van der Waals surface area contributed by atoms with Gasteiger partial charge in [0.2, 0.25) is 0 Å². The lowest BCUT2D eigenvalue weighted by molar-refractivity contribution is -0.137. The lowest BCUT2D eigenvalue weighted by Crippen LogP contribution is -2.10. The molecular weight excluding hydrogens is 247 g/mol. The van der Waals surface area contributed by atoms with E-state index in [-0.39, 0.29) is 23.5 Å². The summed E-state index contributed by atoms with van der Waals surface area (Å²) < 4.78 is 36.5. The molecule has 0 atom stereocenters. The molecule has 6 heteroatoms. The van der Waals surface area contributed by atoms with Crippen LogP contribution >= 0.6 is 0 Å². The minimum absolute atomic E-state index is 0.0501. The molecule has 0 saturated carbocycles. The van der Waals surface area contributed by atoms with Gasteiger partial charge < -0.3 is 5.11 Å². The zero-order valence-corrected chi connectivity index (χ0v) is 10.1. The van der Waals surface area contributed by atoms with Gasteiger partial charge in [0.25, 0.3) is 0 Å². The van der Waals surface area contributed by atoms with Crippen LogP contribution in [0.15, 0.2) is 23.1 Å². The Morgan fingerprint density at radius 1 is 1.41 bits per heavy atom. The summed E-state index contributed by atoms with van der Waals surface area (Å²) in [5, 5.41) is 8.43. The fraction of sp³-hybridized carbons (Fsp3) is 0.364. The molecule has 0 amide bonds. The maximum Gasteiger partial charge on any atom is 0.303 e. The highest BCUT2D eigenvalue weighted by Gasteiger charge is 2.17. The van der Waals surface area contributed by atoms with Crippen LogP contribution in [0.2, 0.25) is 0 Å². The fourth-order valence-electron chi connectivity index (χ4n) is 1.49. The number of halogens is 1. The number of carbonyl (C=O) groups is 1. The average Bonchev–Trinajstić information content (AvgIpc) is 2.15. The van der Waals surface area contributed by atoms with Gasteiger partial charge >= 0.3 is 5.97 Å². The summed E-state index contributed by atoms with van der Waals surface area (Å²) in [5.41, 5.74) is 0.334. The zero-order valence-electron chi connectivity index (χ0n) is 9.31. The van der Waals surface area contributed by atoms with Crippen molar-refractivity contribution in [3.8, 4) is 0 Å². The van der Waals surface area contributed by atoms with E-state index in [4.69, 9.17) is 5.11 Å². The van der Waals surface area contributed by atoms with Gasteiger partial charge in [-0.15, -0.1) is 0 Å². The minimum Gasteiger partial charge on any atom is -0.481 e. The third kappa shape index (κ3) is 3.81. The maximum absolute atomic E-state index is 12.8. The van der Waals surface area contributed by atoms with Gasteiger partial charge in [-0.25, -0.2) is 12.8 Å². The first-order chi connectivity index (χ1) is 7.83. The highest BCUT2D eigenvalue weighted by Crippen LogP contribution is 2.18. The Morgan fingerprint density at radius 3 is 2.59 bits per heavy atom. The third-order valence-corrected chi connectivity index (χ3v) is 4.23. The third-order valence-electron chi connectivity index (χ3n) is 2.28. The number of benzene rings is 1. The molecule has 17 heavy (non-hydrogen) atoms. The van der Waals surface area contributed by atoms with E-state index in [9.17, 15) is 17.6 Å². The number of sulfone groups is 1. The van der Waals surface area contributed by atoms with Crippen LogP contribution in [-0.4, -0.2) is 25.2 Å². The fourth-order valence-corrected chi connectivity index (χ4v) is 3.05. The van der Waals surface area contributed by atoms with Gasteiger partial charge in [0.05, 0.1) is 10.6 Å². The van der Waals surface area contributed by atoms with E-state index in [1.54, 1.807) is 0 Å². The molecular formula is C11H13FO4S. The number of carboxylic acid groups (broad SMARTS) is 1. The topological polar surface area (TPSA) is 71.4 Å². The summed E-state index contributed by atoms with van der Waals surface area (Å²) in [5.74, 6) is -1.77. The number of aryl methyl sites for hydroxylation is 1. The van der Waals surface area contributed by atoms with Gasteiger partial charge in [-0.1, -0.05) is 0 Å². The molecule has 0 heterocycles. The molecule has 0 aliphatic carbocycles. The van der Waals surface area contributed by atoms with Crippen LogP contribution in [0.4, 0.5) is 4.39 Å². The molecule has 0 spiro atoms. The van der Waals surface area contributed by atoms with Crippen LogP contribution in [0.1, 0.15) is 18.4 Å². The van der Waals surface area contributed by atoms with Gasteiger partial charge in [-0.05, 0) is 37.1 Å². The quantitative estimate of drug-likeness (QED) is 0.819. The van der Waals surface area contributed by atoms with E-state index in [0.29, 0.717) is 5.56 Å². The van der Waals surface area contributed by atoms with Crippen LogP contribution in [-0.2, 0) is 14.6 Å². The molecule has 0 aliphatic rings. The second-order valence-electron chi connectivity index (χ2n) is 3.73. The highest BCUT2D eigenvalue weighted by molar-refractivity contribution is 7.91. The summed E-state index contributed by atoms with van der Waals surface area (Å²) in [6.07, 6.45) is -0.145. The SMILES string of the molecule is Cc1cc(F)ccc1S(=O)(=O)CCCC(=O)O. The Labute approximate surface area is 99.0 Å². The number of rotatable bonds is 5. The van der Waals surface area contributed by atoms with Crippen LogP contribution in [0.5, 0.6) is 0 Å². The van der Waals surface area contributed by atoms with Crippen molar-refractivity contribution in [2.24, 2.45) is 0 Å². The lowest BCUT2D eigenvalue weighted by Gasteiger charge is -2.06. The molecule has 1 aromatic carbocycles. The molecule has 1 rings (SSSR count). The van der Waals surface area contributed by atoms with Crippen molar-refractivity contribution in [3.63, 3.8) is 0 Å². The monoisotopic (exact) mass is 260 g/mol. The van der Waals surface area contributed by atoms with Crippen molar-refractivity contribution < 1.29 is 22.7 Å². The number of aliphatic carboxylic acids is 1. The van der Waals surface area contributed by atoms with Gasteiger partial charge in [0, 0.05) is 6.42 Å². The van der Waals surface area contributed by atoms with Gasteiger partial charge in [0.1, 0.15) is 5.82 Å². The Bertz CT molecular complexity index is 522. The summed E-state index contributed by atoms with van der Waals surface area (Å²) in [6.45, 7) is 1.51. The van der Waals surface area contributed by atoms with Crippen molar-refractivity contribution in [3.05, 3.63) is 29.6 Å². The molecule has 1 N–H and O–H groups in total. The van der Waals surface area contributed by atoms with E-state index in [0.717, 1.165) is 12.1 Å². The molecule has 0 unspecified atom stereocenters. The maximum atomic E-state index is 12.8. The summed E-state index contributed by atoms with van der Waals surface area (Å²) in [6, 6.07) is 3.43. The molecule has 0 bridgehead atoms. The van der Waals surface area contributed by atoms with E-state index in [1.807, 2.05) is 0 Å². The Kier molecular flexibility index (Phi) is 4.22. The molecule has 94 valence electrons. The van der Waals surface area contributed by atoms with Gasteiger partial charge in [-0.2, -0.15) is 0 Å². The van der Waals surface area contributed by atoms with Crippen molar-refractivity contribution >= 4 is 15.8 Å². The van der Waals surface area contributed by atoms with Crippen LogP contribution < -0.4 is 0 Å². The van der Waals surface area contributed by atoms with Gasteiger partial charge in [-0.3, -0.25) is 4.79 Å². The van der Waals surface area contributed by atoms with Crippen molar-refractivity contribution in [2.45, 2.75) is 24.7 Å². The first kappa shape index (κ1) is 13.6. The number of hydrogen-bond acceptors (Lipinski definition) is 3. The zero-order chi connectivity index (χ0) is 13.1. The number of hydrogen-bond donors (Lipinski definition) is 1. The molecule has 0 aliphatic heterocycles.